The van der Waals surface area contributed by atoms with Crippen LogP contribution in [0, 0.1) is 45.3 Å². The van der Waals surface area contributed by atoms with Crippen molar-refractivity contribution < 1.29 is 107 Å². The van der Waals surface area contributed by atoms with Gasteiger partial charge in [-0.25, -0.2) is 9.59 Å². The fraction of sp³-hybridized carbons (Fsp3) is 0.688. The van der Waals surface area contributed by atoms with Crippen LogP contribution in [0.15, 0.2) is 83.0 Å². The van der Waals surface area contributed by atoms with E-state index in [1.165, 1.54) is 51.0 Å². The van der Waals surface area contributed by atoms with Crippen molar-refractivity contribution in [2.45, 2.75) is 275 Å². The van der Waals surface area contributed by atoms with Crippen LogP contribution in [0.1, 0.15) is 176 Å². The Morgan fingerprint density at radius 2 is 0.981 bits per heavy atom. The Morgan fingerprint density at radius 1 is 0.573 bits per heavy atom. The van der Waals surface area contributed by atoms with Gasteiger partial charge in [0.25, 0.3) is 0 Å². The summed E-state index contributed by atoms with van der Waals surface area (Å²) in [6, 6.07) is 21.6. The molecule has 0 spiro atoms. The van der Waals surface area contributed by atoms with Crippen LogP contribution in [0.3, 0.4) is 0 Å². The van der Waals surface area contributed by atoms with E-state index in [2.05, 4.69) is 41.2 Å². The predicted molar refractivity (Wildman–Crippen MR) is 385 cm³/mol. The van der Waals surface area contributed by atoms with Gasteiger partial charge in [0.05, 0.1) is 77.3 Å². The number of carbonyl (C=O) groups is 8. The van der Waals surface area contributed by atoms with Gasteiger partial charge >= 0.3 is 29.8 Å². The Balaban J connectivity index is 0.000000205. The average Bonchev–Trinajstić information content (AvgIpc) is 1.58. The predicted octanol–water partition coefficient (Wildman–Crippen LogP) is 10.2. The number of ketones is 2. The van der Waals surface area contributed by atoms with Gasteiger partial charge in [-0.3, -0.25) is 28.8 Å². The molecule has 570 valence electrons. The second kappa shape index (κ2) is 30.2. The lowest BCUT2D eigenvalue weighted by atomic mass is 9.44. The molecule has 8 fully saturated rings. The zero-order chi connectivity index (χ0) is 76.5. The van der Waals surface area contributed by atoms with Crippen molar-refractivity contribution in [2.24, 2.45) is 45.3 Å². The maximum atomic E-state index is 15.8. The molecule has 2 aromatic rings. The van der Waals surface area contributed by atoms with Gasteiger partial charge in [0.2, 0.25) is 5.24 Å². The molecule has 8 aliphatic carbocycles. The van der Waals surface area contributed by atoms with Gasteiger partial charge in [-0.1, -0.05) is 98.7 Å². The number of hydrogen-bond donors (Lipinski definition) is 6. The molecule has 6 N–H and O–H groups in total. The molecule has 12 rings (SSSR count). The van der Waals surface area contributed by atoms with Crippen LogP contribution >= 0.6 is 22.7 Å². The van der Waals surface area contributed by atoms with Crippen molar-refractivity contribution in [1.29, 1.82) is 0 Å². The summed E-state index contributed by atoms with van der Waals surface area (Å²) >= 11 is 11.3. The van der Waals surface area contributed by atoms with Crippen LogP contribution in [0.25, 0.3) is 0 Å². The lowest BCUT2D eigenvalue weighted by molar-refractivity contribution is -0.345. The van der Waals surface area contributed by atoms with Crippen LogP contribution in [-0.2, 0) is 66.4 Å². The number of carbonyl (C=O) groups excluding carboxylic acids is 8. The maximum absolute atomic E-state index is 15.8. The number of hydrogen-bond acceptors (Lipinski definition) is 22. The molecule has 26 heteroatoms. The summed E-state index contributed by atoms with van der Waals surface area (Å²) in [5, 5.41) is 71.6. The Hall–Kier alpha value is -5.07. The minimum atomic E-state index is -2.46. The average molecular weight is 1510 g/mol. The summed E-state index contributed by atoms with van der Waals surface area (Å²) in [5.74, 6) is -7.38. The fourth-order valence-corrected chi connectivity index (χ4v) is 21.5. The molecule has 10 aliphatic rings. The molecular formula is C77H108Cl2O22Si2. The van der Waals surface area contributed by atoms with Gasteiger partial charge in [0.15, 0.2) is 44.6 Å². The minimum Gasteiger partial charge on any atom is -0.455 e. The molecule has 2 unspecified atom stereocenters. The van der Waals surface area contributed by atoms with E-state index in [0.717, 1.165) is 24.9 Å². The summed E-state index contributed by atoms with van der Waals surface area (Å²) < 4.78 is 49.9. The molecule has 18 atom stereocenters. The van der Waals surface area contributed by atoms with Crippen LogP contribution in [0.4, 0.5) is 0 Å². The molecule has 6 saturated carbocycles. The van der Waals surface area contributed by atoms with E-state index in [9.17, 15) is 64.2 Å². The van der Waals surface area contributed by atoms with Crippen LogP contribution < -0.4 is 0 Å². The molecule has 2 aliphatic heterocycles. The first kappa shape index (κ1) is 82.0. The number of benzene rings is 2. The highest BCUT2D eigenvalue weighted by molar-refractivity contribution is 7.20. The van der Waals surface area contributed by atoms with Gasteiger partial charge in [-0.2, -0.15) is 11.1 Å². The number of ether oxygens (including phenoxy) is 7. The number of aliphatic hydroxyl groups is 6. The van der Waals surface area contributed by atoms with Crippen LogP contribution in [-0.4, -0.2) is 190 Å². The lowest BCUT2D eigenvalue weighted by Crippen LogP contribution is -2.82. The molecular weight excluding hydrogens is 1400 g/mol. The second-order valence-electron chi connectivity index (χ2n) is 32.1. The second-order valence-corrected chi connectivity index (χ2v) is 43.8. The Labute approximate surface area is 616 Å². The maximum Gasteiger partial charge on any atom is 0.338 e. The van der Waals surface area contributed by atoms with Gasteiger partial charge in [0, 0.05) is 56.3 Å². The first-order valence-electron chi connectivity index (χ1n) is 36.6. The molecule has 0 aromatic heterocycles. The highest BCUT2D eigenvalue weighted by atomic mass is 35.6. The number of Topliss-reactive ketones (excluding diaryl/α,β-unsaturated/α-hetero) is 2. The molecule has 103 heavy (non-hydrogen) atoms. The highest BCUT2D eigenvalue weighted by Crippen LogP contribution is 2.67. The van der Waals surface area contributed by atoms with Gasteiger partial charge < -0.3 is 68.2 Å². The fourth-order valence-electron chi connectivity index (χ4n) is 17.9. The van der Waals surface area contributed by atoms with E-state index in [-0.39, 0.29) is 78.2 Å². The van der Waals surface area contributed by atoms with Crippen molar-refractivity contribution in [3.05, 3.63) is 94.1 Å². The third-order valence-electron chi connectivity index (χ3n) is 25.7. The first-order chi connectivity index (χ1) is 48.0. The topological polar surface area (TPSA) is 332 Å². The standard InChI is InChI=1S/C38H52O11Si.C29H36O10.C6H15ClSi.C4H5ClO/c1-9-50(8,10-2)49-26-18-27-37(20-45-27,48-22(4)39)30-32(47-34(43)23-14-12-11-13-15-23)38(44)19-25(40)21(3)28(35(38,5)6)29(31(41)36(26,30)7)46-33(42)24-16-17-24;1-14-17(31)12-29(36)24(38-25(35)16-9-7-6-8-10-16)22-27(5,23(34)21(33)20(14)26(29,3)4)18(32)11-19-28(22,13-37-19)39-15(2)30;1-4-8(7,5-2)6-3;5-4(6)3-1-2-3/h11-15,24-27,29-30,32,40,44H,9-10,16-20H2,1-8H3;6-10,17-19,21-22,24,31-33,36H,11-13H2,1-5H3;4-6H2,1-3H3;3H,1-2H2/t25-,26-,27+,29+,30?,32-,36+,37-,38+;17-,18-,19+,21+,22?,24-,27+,28-,29+;;/m00../s1. The van der Waals surface area contributed by atoms with Crippen molar-refractivity contribution in [3.63, 3.8) is 0 Å². The summed E-state index contributed by atoms with van der Waals surface area (Å²) in [4.78, 5) is 107. The SMILES string of the molecule is CC(=O)O[C@@]12CO[C@@H]1C[C@H](O)[C@@]1(C)C(=O)[C@H](O)C3=C(C)[C@@H](O)C[C@@](O)([C@@H](OC(=O)c4ccccc4)C12)C3(C)C.CC[Si](C)(CC)O[C@H]1C[C@H]2OC[C@@]2(OC(C)=O)C2[C@H](OC(=O)c3ccccc3)[C@]3(O)C[C@H](O)C(C)=C([C@@H](OC(=O)C4CC4)C(=O)[C@@]21C)C3(C)C.CC[Si](Cl)(CC)CC.O=C(Cl)C1CC1. The van der Waals surface area contributed by atoms with E-state index in [4.69, 9.17) is 60.3 Å². The Morgan fingerprint density at radius 3 is 1.34 bits per heavy atom. The Kier molecular flexibility index (Phi) is 24.0. The summed E-state index contributed by atoms with van der Waals surface area (Å²) in [7, 11) is -3.66. The number of aliphatic hydroxyl groups excluding tert-OH is 4. The van der Waals surface area contributed by atoms with Gasteiger partial charge in [0.1, 0.15) is 41.7 Å². The monoisotopic (exact) mass is 1510 g/mol. The van der Waals surface area contributed by atoms with Crippen molar-refractivity contribution in [1.82, 2.24) is 0 Å². The molecule has 0 amide bonds. The molecule has 2 heterocycles. The van der Waals surface area contributed by atoms with Gasteiger partial charge in [-0.15, -0.1) is 0 Å². The third-order valence-corrected chi connectivity index (χ3v) is 36.1. The summed E-state index contributed by atoms with van der Waals surface area (Å²) in [6.07, 6.45) is -9.92. The van der Waals surface area contributed by atoms with E-state index < -0.39 is 174 Å². The largest absolute Gasteiger partial charge is 0.455 e. The number of fused-ring (bicyclic) bond motifs is 10. The van der Waals surface area contributed by atoms with E-state index in [1.54, 1.807) is 97.0 Å². The number of halogens is 2. The molecule has 22 nitrogen and oxygen atoms in total. The van der Waals surface area contributed by atoms with E-state index in [0.29, 0.717) is 24.0 Å². The highest BCUT2D eigenvalue weighted by Gasteiger charge is 2.81. The molecule has 0 radical (unpaired) electrons. The third kappa shape index (κ3) is 14.3. The minimum absolute atomic E-state index is 0.0828. The number of esters is 5. The zero-order valence-electron chi connectivity index (χ0n) is 62.4. The van der Waals surface area contributed by atoms with E-state index >= 15 is 4.79 Å². The normalized spacial score (nSPS) is 36.6. The molecule has 2 saturated heterocycles. The van der Waals surface area contributed by atoms with Gasteiger partial charge in [-0.05, 0) is 148 Å². The molecule has 4 bridgehead atoms. The van der Waals surface area contributed by atoms with Crippen molar-refractivity contribution >= 4 is 85.0 Å². The smallest absolute Gasteiger partial charge is 0.338 e. The van der Waals surface area contributed by atoms with Crippen LogP contribution in [0.5, 0.6) is 0 Å². The lowest BCUT2D eigenvalue weighted by Gasteiger charge is -2.68. The summed E-state index contributed by atoms with van der Waals surface area (Å²) in [6.45, 7) is 28.1. The first-order valence-corrected chi connectivity index (χ1v) is 43.4. The Bertz CT molecular complexity index is 3620. The van der Waals surface area contributed by atoms with E-state index in [1.807, 2.05) is 0 Å². The van der Waals surface area contributed by atoms with Crippen LogP contribution in [0.2, 0.25) is 36.8 Å². The van der Waals surface area contributed by atoms with Crippen molar-refractivity contribution in [3.8, 4) is 0 Å². The molecule has 2 aromatic carbocycles. The van der Waals surface area contributed by atoms with Crippen molar-refractivity contribution in [2.75, 3.05) is 13.2 Å². The summed E-state index contributed by atoms with van der Waals surface area (Å²) in [5.41, 5.74) is -12.0. The zero-order valence-corrected chi connectivity index (χ0v) is 65.9. The number of rotatable bonds is 16. The quantitative estimate of drug-likeness (QED) is 0.0227.